The van der Waals surface area contributed by atoms with Crippen LogP contribution in [0.3, 0.4) is 0 Å². The molecule has 0 saturated heterocycles. The van der Waals surface area contributed by atoms with Crippen LogP contribution in [0, 0.1) is 5.41 Å². The molecule has 0 aliphatic carbocycles. The standard InChI is InChI=1S/C22H34O2/c1-9-22(7,8)20(17(3)4)15-14-18(5)12-11-13-19(6)16-21(23)24-10-2/h11-16H,9-10H2,1-8H3/b13-11+,15-14+,18-12+,19-16-. The van der Waals surface area contributed by atoms with Crippen molar-refractivity contribution in [2.45, 2.75) is 61.8 Å². The molecule has 24 heavy (non-hydrogen) atoms. The van der Waals surface area contributed by atoms with Crippen LogP contribution in [0.5, 0.6) is 0 Å². The zero-order valence-corrected chi connectivity index (χ0v) is 16.7. The van der Waals surface area contributed by atoms with Gasteiger partial charge >= 0.3 is 5.97 Å². The molecule has 0 rings (SSSR count). The van der Waals surface area contributed by atoms with Gasteiger partial charge in [0.15, 0.2) is 0 Å². The molecule has 0 amide bonds. The van der Waals surface area contributed by atoms with E-state index < -0.39 is 0 Å². The van der Waals surface area contributed by atoms with E-state index in [-0.39, 0.29) is 11.4 Å². The number of ether oxygens (including phenoxy) is 1. The van der Waals surface area contributed by atoms with Crippen LogP contribution in [0.15, 0.2) is 58.7 Å². The Hall–Kier alpha value is -1.83. The van der Waals surface area contributed by atoms with Gasteiger partial charge in [-0.3, -0.25) is 0 Å². The lowest BCUT2D eigenvalue weighted by Gasteiger charge is -2.26. The fourth-order valence-corrected chi connectivity index (χ4v) is 2.30. The third kappa shape index (κ3) is 8.71. The summed E-state index contributed by atoms with van der Waals surface area (Å²) in [5, 5.41) is 0. The number of esters is 1. The van der Waals surface area contributed by atoms with Crippen LogP contribution in [-0.4, -0.2) is 12.6 Å². The van der Waals surface area contributed by atoms with Crippen molar-refractivity contribution in [1.82, 2.24) is 0 Å². The third-order valence-corrected chi connectivity index (χ3v) is 4.01. The number of rotatable bonds is 8. The maximum absolute atomic E-state index is 11.4. The number of carbonyl (C=O) groups is 1. The van der Waals surface area contributed by atoms with Gasteiger partial charge in [-0.1, -0.05) is 62.3 Å². The van der Waals surface area contributed by atoms with Gasteiger partial charge in [0.25, 0.3) is 0 Å². The fourth-order valence-electron chi connectivity index (χ4n) is 2.30. The van der Waals surface area contributed by atoms with Crippen molar-refractivity contribution in [2.24, 2.45) is 5.41 Å². The monoisotopic (exact) mass is 330 g/mol. The first-order valence-electron chi connectivity index (χ1n) is 8.70. The van der Waals surface area contributed by atoms with E-state index in [1.807, 2.05) is 25.2 Å². The molecule has 2 nitrogen and oxygen atoms in total. The summed E-state index contributed by atoms with van der Waals surface area (Å²) in [6.45, 7) is 17.3. The summed E-state index contributed by atoms with van der Waals surface area (Å²) in [6, 6.07) is 0. The number of hydrogen-bond acceptors (Lipinski definition) is 2. The largest absolute Gasteiger partial charge is 0.463 e. The molecule has 0 atom stereocenters. The number of allylic oxidation sites excluding steroid dienone is 9. The van der Waals surface area contributed by atoms with Crippen molar-refractivity contribution in [3.05, 3.63) is 58.7 Å². The predicted molar refractivity (Wildman–Crippen MR) is 105 cm³/mol. The predicted octanol–water partition coefficient (Wildman–Crippen LogP) is 6.33. The molecular weight excluding hydrogens is 296 g/mol. The lowest BCUT2D eigenvalue weighted by atomic mass is 9.79. The smallest absolute Gasteiger partial charge is 0.330 e. The van der Waals surface area contributed by atoms with Crippen molar-refractivity contribution in [1.29, 1.82) is 0 Å². The first kappa shape index (κ1) is 22.2. The second kappa shape index (κ2) is 10.9. The summed E-state index contributed by atoms with van der Waals surface area (Å²) in [6.07, 6.45) is 12.9. The van der Waals surface area contributed by atoms with E-state index in [9.17, 15) is 4.79 Å². The average Bonchev–Trinajstić information content (AvgIpc) is 2.46. The molecule has 0 aromatic carbocycles. The van der Waals surface area contributed by atoms with Crippen LogP contribution in [0.4, 0.5) is 0 Å². The molecule has 2 heteroatoms. The van der Waals surface area contributed by atoms with Crippen molar-refractivity contribution in [3.63, 3.8) is 0 Å². The van der Waals surface area contributed by atoms with Crippen LogP contribution in [-0.2, 0) is 9.53 Å². The Balaban J connectivity index is 5.02. The summed E-state index contributed by atoms with van der Waals surface area (Å²) >= 11 is 0. The molecule has 0 aliphatic rings. The minimum atomic E-state index is -0.296. The first-order chi connectivity index (χ1) is 11.1. The summed E-state index contributed by atoms with van der Waals surface area (Å²) in [4.78, 5) is 11.4. The maximum Gasteiger partial charge on any atom is 0.330 e. The van der Waals surface area contributed by atoms with Crippen LogP contribution in [0.25, 0.3) is 0 Å². The second-order valence-corrected chi connectivity index (χ2v) is 6.89. The van der Waals surface area contributed by atoms with Gasteiger partial charge in [0.1, 0.15) is 0 Å². The third-order valence-electron chi connectivity index (χ3n) is 4.01. The van der Waals surface area contributed by atoms with E-state index in [1.165, 1.54) is 22.8 Å². The van der Waals surface area contributed by atoms with E-state index in [4.69, 9.17) is 4.74 Å². The summed E-state index contributed by atoms with van der Waals surface area (Å²) in [7, 11) is 0. The zero-order valence-electron chi connectivity index (χ0n) is 16.7. The number of carbonyl (C=O) groups excluding carboxylic acids is 1. The van der Waals surface area contributed by atoms with Gasteiger partial charge in [-0.05, 0) is 57.6 Å². The minimum absolute atomic E-state index is 0.185. The Morgan fingerprint density at radius 3 is 2.08 bits per heavy atom. The molecule has 0 fully saturated rings. The molecule has 0 aromatic heterocycles. The molecule has 0 aromatic rings. The Kier molecular flexibility index (Phi) is 10.0. The first-order valence-corrected chi connectivity index (χ1v) is 8.70. The lowest BCUT2D eigenvalue weighted by Crippen LogP contribution is -2.13. The van der Waals surface area contributed by atoms with Crippen molar-refractivity contribution >= 4 is 5.97 Å². The van der Waals surface area contributed by atoms with Crippen LogP contribution < -0.4 is 0 Å². The Labute approximate surface area is 148 Å². The zero-order chi connectivity index (χ0) is 18.8. The Morgan fingerprint density at radius 2 is 1.58 bits per heavy atom. The van der Waals surface area contributed by atoms with Crippen molar-refractivity contribution < 1.29 is 9.53 Å². The summed E-state index contributed by atoms with van der Waals surface area (Å²) in [5.74, 6) is -0.296. The highest BCUT2D eigenvalue weighted by Gasteiger charge is 2.19. The summed E-state index contributed by atoms with van der Waals surface area (Å²) < 4.78 is 4.89. The molecule has 0 radical (unpaired) electrons. The highest BCUT2D eigenvalue weighted by molar-refractivity contribution is 5.83. The van der Waals surface area contributed by atoms with Crippen LogP contribution in [0.2, 0.25) is 0 Å². The van der Waals surface area contributed by atoms with Gasteiger partial charge < -0.3 is 4.74 Å². The summed E-state index contributed by atoms with van der Waals surface area (Å²) in [5.41, 5.74) is 4.97. The van der Waals surface area contributed by atoms with Gasteiger partial charge in [-0.25, -0.2) is 4.79 Å². The molecule has 0 aliphatic heterocycles. The lowest BCUT2D eigenvalue weighted by molar-refractivity contribution is -0.137. The normalized spacial score (nSPS) is 13.7. The molecule has 134 valence electrons. The van der Waals surface area contributed by atoms with E-state index in [2.05, 4.69) is 53.7 Å². The quantitative estimate of drug-likeness (QED) is 0.295. The van der Waals surface area contributed by atoms with Gasteiger partial charge in [-0.15, -0.1) is 0 Å². The molecule has 0 bridgehead atoms. The average molecular weight is 331 g/mol. The van der Waals surface area contributed by atoms with E-state index in [1.54, 1.807) is 6.92 Å². The van der Waals surface area contributed by atoms with Crippen LogP contribution in [0.1, 0.15) is 61.8 Å². The highest BCUT2D eigenvalue weighted by atomic mass is 16.5. The topological polar surface area (TPSA) is 26.3 Å². The number of hydrogen-bond donors (Lipinski definition) is 0. The van der Waals surface area contributed by atoms with Gasteiger partial charge in [-0.2, -0.15) is 0 Å². The molecule has 0 heterocycles. The molecule has 0 spiro atoms. The highest BCUT2D eigenvalue weighted by Crippen LogP contribution is 2.33. The van der Waals surface area contributed by atoms with Crippen LogP contribution >= 0.6 is 0 Å². The van der Waals surface area contributed by atoms with Gasteiger partial charge in [0.05, 0.1) is 6.61 Å². The fraction of sp³-hybridized carbons (Fsp3) is 0.500. The van der Waals surface area contributed by atoms with Gasteiger partial charge in [0, 0.05) is 6.08 Å². The molecule has 0 unspecified atom stereocenters. The molecule has 0 N–H and O–H groups in total. The Morgan fingerprint density at radius 1 is 0.958 bits per heavy atom. The molecule has 0 saturated carbocycles. The Bertz CT molecular complexity index is 563. The van der Waals surface area contributed by atoms with Crippen molar-refractivity contribution in [3.8, 4) is 0 Å². The molecular formula is C22H34O2. The minimum Gasteiger partial charge on any atom is -0.463 e. The maximum atomic E-state index is 11.4. The van der Waals surface area contributed by atoms with Crippen molar-refractivity contribution in [2.75, 3.05) is 6.61 Å². The van der Waals surface area contributed by atoms with E-state index >= 15 is 0 Å². The SMILES string of the molecule is CCOC(=O)\C=C(C)/C=C/C=C(C)/C=C/C(=C(C)C)C(C)(C)CC. The van der Waals surface area contributed by atoms with E-state index in [0.29, 0.717) is 6.61 Å². The second-order valence-electron chi connectivity index (χ2n) is 6.89. The van der Waals surface area contributed by atoms with E-state index in [0.717, 1.165) is 12.0 Å². The van der Waals surface area contributed by atoms with Gasteiger partial charge in [0.2, 0.25) is 0 Å².